The van der Waals surface area contributed by atoms with E-state index in [9.17, 15) is 0 Å². The van der Waals surface area contributed by atoms with Crippen LogP contribution >= 0.6 is 0 Å². The van der Waals surface area contributed by atoms with Gasteiger partial charge >= 0.3 is 0 Å². The van der Waals surface area contributed by atoms with Gasteiger partial charge in [0.15, 0.2) is 0 Å². The highest BCUT2D eigenvalue weighted by atomic mass is 15.0. The first kappa shape index (κ1) is 13.5. The van der Waals surface area contributed by atoms with Crippen molar-refractivity contribution < 1.29 is 0 Å². The summed E-state index contributed by atoms with van der Waals surface area (Å²) in [6.45, 7) is 2.12. The summed E-state index contributed by atoms with van der Waals surface area (Å²) in [5.41, 5.74) is 3.88. The number of nitrogens with zero attached hydrogens (tertiary/aromatic N) is 1. The number of rotatable bonds is 1. The molecule has 17 heavy (non-hydrogen) atoms. The monoisotopic (exact) mass is 227 g/mol. The van der Waals surface area contributed by atoms with E-state index >= 15 is 0 Å². The predicted octanol–water partition coefficient (Wildman–Crippen LogP) is 3.84. The standard InChI is InChI=1S/C13H12.C3H9N/c1-11-6-5-9-13(10-11)12-7-3-2-4-8-12;1-4(2)3/h2-10H,1H3;1-3H3. The van der Waals surface area contributed by atoms with Gasteiger partial charge in [-0.15, -0.1) is 0 Å². The highest BCUT2D eigenvalue weighted by Gasteiger charge is 1.94. The van der Waals surface area contributed by atoms with Crippen molar-refractivity contribution in [1.29, 1.82) is 0 Å². The Hall–Kier alpha value is -1.60. The maximum Gasteiger partial charge on any atom is -0.0140 e. The molecule has 0 aliphatic heterocycles. The molecule has 0 N–H and O–H groups in total. The van der Waals surface area contributed by atoms with Crippen molar-refractivity contribution in [3.8, 4) is 11.1 Å². The Kier molecular flexibility index (Phi) is 5.44. The van der Waals surface area contributed by atoms with E-state index < -0.39 is 0 Å². The number of aryl methyl sites for hydroxylation is 1. The zero-order valence-corrected chi connectivity index (χ0v) is 11.1. The first-order valence-electron chi connectivity index (χ1n) is 5.82. The molecule has 0 amide bonds. The van der Waals surface area contributed by atoms with Crippen LogP contribution in [0.4, 0.5) is 0 Å². The lowest BCUT2D eigenvalue weighted by atomic mass is 10.0. The lowest BCUT2D eigenvalue weighted by Gasteiger charge is -2.01. The summed E-state index contributed by atoms with van der Waals surface area (Å²) < 4.78 is 0. The Morgan fingerprint density at radius 3 is 1.76 bits per heavy atom. The van der Waals surface area contributed by atoms with Crippen molar-refractivity contribution in [2.24, 2.45) is 0 Å². The third-order valence-electron chi connectivity index (χ3n) is 2.13. The molecule has 0 atom stereocenters. The van der Waals surface area contributed by atoms with Gasteiger partial charge < -0.3 is 4.90 Å². The van der Waals surface area contributed by atoms with Gasteiger partial charge in [-0.2, -0.15) is 0 Å². The van der Waals surface area contributed by atoms with Gasteiger partial charge in [0.2, 0.25) is 0 Å². The fourth-order valence-electron chi connectivity index (χ4n) is 1.46. The Bertz CT molecular complexity index is 430. The molecule has 0 bridgehead atoms. The lowest BCUT2D eigenvalue weighted by molar-refractivity contribution is 0.505. The molecule has 0 fully saturated rings. The minimum absolute atomic E-state index is 1.28. The van der Waals surface area contributed by atoms with Crippen LogP contribution in [0.1, 0.15) is 5.56 Å². The van der Waals surface area contributed by atoms with Gasteiger partial charge in [-0.05, 0) is 39.2 Å². The van der Waals surface area contributed by atoms with Crippen molar-refractivity contribution in [1.82, 2.24) is 4.90 Å². The topological polar surface area (TPSA) is 3.24 Å². The Balaban J connectivity index is 0.000000317. The normalized spacial score (nSPS) is 9.71. The molecule has 0 aliphatic carbocycles. The van der Waals surface area contributed by atoms with Gasteiger partial charge in [0, 0.05) is 0 Å². The fourth-order valence-corrected chi connectivity index (χ4v) is 1.46. The zero-order valence-electron chi connectivity index (χ0n) is 11.1. The second-order valence-corrected chi connectivity index (χ2v) is 4.58. The van der Waals surface area contributed by atoms with E-state index in [-0.39, 0.29) is 0 Å². The van der Waals surface area contributed by atoms with Crippen LogP contribution in [0.3, 0.4) is 0 Å². The van der Waals surface area contributed by atoms with Crippen LogP contribution in [0.2, 0.25) is 0 Å². The fraction of sp³-hybridized carbons (Fsp3) is 0.250. The third kappa shape index (κ3) is 5.32. The van der Waals surface area contributed by atoms with Gasteiger partial charge in [-0.25, -0.2) is 0 Å². The molecule has 2 aromatic rings. The number of hydrogen-bond donors (Lipinski definition) is 0. The van der Waals surface area contributed by atoms with E-state index in [0.29, 0.717) is 0 Å². The zero-order chi connectivity index (χ0) is 12.7. The maximum absolute atomic E-state index is 2.20. The highest BCUT2D eigenvalue weighted by Crippen LogP contribution is 2.19. The Morgan fingerprint density at radius 1 is 0.706 bits per heavy atom. The first-order chi connectivity index (χ1) is 8.09. The molecular formula is C16H21N. The van der Waals surface area contributed by atoms with E-state index in [1.807, 2.05) is 32.1 Å². The molecule has 0 aromatic heterocycles. The number of benzene rings is 2. The van der Waals surface area contributed by atoms with E-state index in [0.717, 1.165) is 0 Å². The van der Waals surface area contributed by atoms with Crippen LogP contribution in [0.5, 0.6) is 0 Å². The smallest absolute Gasteiger partial charge is 0.0140 e. The highest BCUT2D eigenvalue weighted by molar-refractivity contribution is 5.63. The van der Waals surface area contributed by atoms with E-state index in [1.54, 1.807) is 0 Å². The maximum atomic E-state index is 2.20. The van der Waals surface area contributed by atoms with E-state index in [4.69, 9.17) is 0 Å². The van der Waals surface area contributed by atoms with Crippen molar-refractivity contribution in [3.05, 3.63) is 60.2 Å². The largest absolute Gasteiger partial charge is 0.312 e. The second-order valence-electron chi connectivity index (χ2n) is 4.58. The molecule has 0 saturated carbocycles. The molecule has 0 radical (unpaired) electrons. The molecule has 0 heterocycles. The van der Waals surface area contributed by atoms with Crippen molar-refractivity contribution >= 4 is 0 Å². The van der Waals surface area contributed by atoms with Crippen LogP contribution in [0, 0.1) is 6.92 Å². The van der Waals surface area contributed by atoms with Crippen LogP contribution in [-0.4, -0.2) is 26.0 Å². The van der Waals surface area contributed by atoms with Crippen LogP contribution in [0.25, 0.3) is 11.1 Å². The van der Waals surface area contributed by atoms with E-state index in [1.165, 1.54) is 16.7 Å². The lowest BCUT2D eigenvalue weighted by Crippen LogP contribution is -1.99. The quantitative estimate of drug-likeness (QED) is 0.715. The van der Waals surface area contributed by atoms with Gasteiger partial charge in [-0.3, -0.25) is 0 Å². The minimum Gasteiger partial charge on any atom is -0.312 e. The predicted molar refractivity (Wildman–Crippen MR) is 76.2 cm³/mol. The molecule has 0 unspecified atom stereocenters. The average molecular weight is 227 g/mol. The second kappa shape index (κ2) is 6.87. The van der Waals surface area contributed by atoms with Crippen LogP contribution < -0.4 is 0 Å². The van der Waals surface area contributed by atoms with Crippen LogP contribution in [0.15, 0.2) is 54.6 Å². The minimum atomic E-state index is 1.28. The van der Waals surface area contributed by atoms with E-state index in [2.05, 4.69) is 55.5 Å². The van der Waals surface area contributed by atoms with Gasteiger partial charge in [0.25, 0.3) is 0 Å². The van der Waals surface area contributed by atoms with Gasteiger partial charge in [0.1, 0.15) is 0 Å². The molecule has 0 saturated heterocycles. The summed E-state index contributed by atoms with van der Waals surface area (Å²) in [7, 11) is 6.00. The summed E-state index contributed by atoms with van der Waals surface area (Å²) in [5.74, 6) is 0. The van der Waals surface area contributed by atoms with Gasteiger partial charge in [0.05, 0.1) is 0 Å². The first-order valence-corrected chi connectivity index (χ1v) is 5.82. The van der Waals surface area contributed by atoms with Crippen LogP contribution in [-0.2, 0) is 0 Å². The van der Waals surface area contributed by atoms with Crippen molar-refractivity contribution in [2.75, 3.05) is 21.1 Å². The summed E-state index contributed by atoms with van der Waals surface area (Å²) in [6.07, 6.45) is 0. The third-order valence-corrected chi connectivity index (χ3v) is 2.13. The molecule has 90 valence electrons. The SMILES string of the molecule is CN(C)C.Cc1cccc(-c2ccccc2)c1. The molecule has 2 aromatic carbocycles. The molecular weight excluding hydrogens is 206 g/mol. The molecule has 2 rings (SSSR count). The van der Waals surface area contributed by atoms with Gasteiger partial charge in [-0.1, -0.05) is 60.2 Å². The van der Waals surface area contributed by atoms with Crippen molar-refractivity contribution in [3.63, 3.8) is 0 Å². The molecule has 0 spiro atoms. The summed E-state index contributed by atoms with van der Waals surface area (Å²) in [4.78, 5) is 2.00. The Morgan fingerprint density at radius 2 is 1.24 bits per heavy atom. The Labute approximate surface area is 105 Å². The summed E-state index contributed by atoms with van der Waals surface area (Å²) >= 11 is 0. The number of hydrogen-bond acceptors (Lipinski definition) is 1. The summed E-state index contributed by atoms with van der Waals surface area (Å²) in [5, 5.41) is 0. The molecule has 0 aliphatic rings. The molecule has 1 nitrogen and oxygen atoms in total. The van der Waals surface area contributed by atoms with Crippen molar-refractivity contribution in [2.45, 2.75) is 6.92 Å². The average Bonchev–Trinajstić information content (AvgIpc) is 2.29. The summed E-state index contributed by atoms with van der Waals surface area (Å²) in [6, 6.07) is 19.0. The molecule has 1 heteroatoms.